The van der Waals surface area contributed by atoms with Gasteiger partial charge in [-0.05, 0) is 48.7 Å². The summed E-state index contributed by atoms with van der Waals surface area (Å²) in [6.45, 7) is 4.59. The lowest BCUT2D eigenvalue weighted by atomic mass is 10.1. The summed E-state index contributed by atoms with van der Waals surface area (Å²) >= 11 is 5.88. The molecule has 0 aliphatic carbocycles. The molecule has 2 aromatic rings. The number of benzene rings is 2. The lowest BCUT2D eigenvalue weighted by Crippen LogP contribution is -2.45. The van der Waals surface area contributed by atoms with Gasteiger partial charge in [-0.1, -0.05) is 43.6 Å². The number of carbonyl (C=O) groups excluding carboxylic acids is 2. The van der Waals surface area contributed by atoms with E-state index in [0.29, 0.717) is 10.7 Å². The molecule has 29 heavy (non-hydrogen) atoms. The van der Waals surface area contributed by atoms with Crippen LogP contribution in [-0.2, 0) is 24.3 Å². The minimum atomic E-state index is -3.91. The molecule has 0 radical (unpaired) electrons. The number of rotatable bonds is 8. The summed E-state index contributed by atoms with van der Waals surface area (Å²) in [5.74, 6) is -1.76. The van der Waals surface area contributed by atoms with E-state index in [0.717, 1.165) is 5.56 Å². The van der Waals surface area contributed by atoms with Gasteiger partial charge in [0.15, 0.2) is 6.61 Å². The first-order valence-corrected chi connectivity index (χ1v) is 10.8. The first kappa shape index (κ1) is 22.9. The summed E-state index contributed by atoms with van der Waals surface area (Å²) in [5, 5.41) is 3.16. The van der Waals surface area contributed by atoms with Gasteiger partial charge in [0.25, 0.3) is 5.91 Å². The van der Waals surface area contributed by atoms with Crippen LogP contribution in [0.25, 0.3) is 0 Å². The number of hydrogen-bond donors (Lipinski definition) is 2. The van der Waals surface area contributed by atoms with Gasteiger partial charge < -0.3 is 10.1 Å². The highest BCUT2D eigenvalue weighted by atomic mass is 35.5. The Hall–Kier alpha value is -2.42. The van der Waals surface area contributed by atoms with Gasteiger partial charge in [0.1, 0.15) is 6.04 Å². The average Bonchev–Trinajstić information content (AvgIpc) is 2.67. The Bertz CT molecular complexity index is 978. The normalized spacial score (nSPS) is 12.4. The molecule has 0 spiro atoms. The smallest absolute Gasteiger partial charge is 0.324 e. The number of sulfonamides is 1. The lowest BCUT2D eigenvalue weighted by molar-refractivity contribution is -0.150. The molecule has 9 heteroatoms. The lowest BCUT2D eigenvalue weighted by Gasteiger charge is -2.20. The van der Waals surface area contributed by atoms with E-state index < -0.39 is 34.5 Å². The van der Waals surface area contributed by atoms with Crippen molar-refractivity contribution in [2.24, 2.45) is 5.92 Å². The van der Waals surface area contributed by atoms with E-state index in [1.54, 1.807) is 57.2 Å². The topological polar surface area (TPSA) is 102 Å². The van der Waals surface area contributed by atoms with E-state index in [1.807, 2.05) is 0 Å². The number of nitrogens with one attached hydrogen (secondary N) is 2. The van der Waals surface area contributed by atoms with Crippen LogP contribution in [0, 0.1) is 12.8 Å². The van der Waals surface area contributed by atoms with Crippen molar-refractivity contribution in [2.75, 3.05) is 11.9 Å². The zero-order valence-corrected chi connectivity index (χ0v) is 17.9. The first-order valence-electron chi connectivity index (χ1n) is 8.90. The SMILES string of the molecule is Cc1cc(Cl)ccc1NC(=O)COC(=O)[C@@H](NS(=O)(=O)c1ccccc1)C(C)C. The molecule has 2 aromatic carbocycles. The summed E-state index contributed by atoms with van der Waals surface area (Å²) < 4.78 is 32.4. The second-order valence-corrected chi connectivity index (χ2v) is 8.92. The van der Waals surface area contributed by atoms with Crippen molar-refractivity contribution in [3.8, 4) is 0 Å². The zero-order valence-electron chi connectivity index (χ0n) is 16.3. The van der Waals surface area contributed by atoms with Crippen LogP contribution in [-0.4, -0.2) is 32.9 Å². The molecule has 0 heterocycles. The molecule has 0 saturated carbocycles. The third-order valence-electron chi connectivity index (χ3n) is 4.06. The third kappa shape index (κ3) is 6.56. The Labute approximate surface area is 175 Å². The number of carbonyl (C=O) groups is 2. The van der Waals surface area contributed by atoms with E-state index >= 15 is 0 Å². The van der Waals surface area contributed by atoms with Crippen molar-refractivity contribution >= 4 is 39.2 Å². The Morgan fingerprint density at radius 1 is 1.10 bits per heavy atom. The van der Waals surface area contributed by atoms with Crippen molar-refractivity contribution in [3.05, 3.63) is 59.1 Å². The number of aryl methyl sites for hydroxylation is 1. The largest absolute Gasteiger partial charge is 0.454 e. The van der Waals surface area contributed by atoms with Crippen LogP contribution in [0.3, 0.4) is 0 Å². The van der Waals surface area contributed by atoms with Crippen LogP contribution in [0.2, 0.25) is 5.02 Å². The van der Waals surface area contributed by atoms with Crippen molar-refractivity contribution in [1.82, 2.24) is 4.72 Å². The summed E-state index contributed by atoms with van der Waals surface area (Å²) in [7, 11) is -3.91. The van der Waals surface area contributed by atoms with Gasteiger partial charge in [0, 0.05) is 10.7 Å². The van der Waals surface area contributed by atoms with Crippen LogP contribution in [0.4, 0.5) is 5.69 Å². The highest BCUT2D eigenvalue weighted by Crippen LogP contribution is 2.19. The molecule has 156 valence electrons. The highest BCUT2D eigenvalue weighted by molar-refractivity contribution is 7.89. The van der Waals surface area contributed by atoms with Gasteiger partial charge in [-0.3, -0.25) is 9.59 Å². The minimum Gasteiger partial charge on any atom is -0.454 e. The van der Waals surface area contributed by atoms with Gasteiger partial charge in [0.05, 0.1) is 4.90 Å². The Morgan fingerprint density at radius 2 is 1.76 bits per heavy atom. The predicted octanol–water partition coefficient (Wildman–Crippen LogP) is 3.13. The molecule has 0 unspecified atom stereocenters. The van der Waals surface area contributed by atoms with E-state index in [4.69, 9.17) is 16.3 Å². The second-order valence-electron chi connectivity index (χ2n) is 6.77. The first-order chi connectivity index (χ1) is 13.6. The molecule has 1 amide bonds. The maximum absolute atomic E-state index is 12.5. The second kappa shape index (κ2) is 9.87. The van der Waals surface area contributed by atoms with E-state index in [9.17, 15) is 18.0 Å². The molecular formula is C20H23ClN2O5S. The van der Waals surface area contributed by atoms with Crippen LogP contribution in [0.1, 0.15) is 19.4 Å². The van der Waals surface area contributed by atoms with Gasteiger partial charge in [0.2, 0.25) is 10.0 Å². The van der Waals surface area contributed by atoms with E-state index in [-0.39, 0.29) is 10.8 Å². The quantitative estimate of drug-likeness (QED) is 0.616. The molecule has 0 aliphatic heterocycles. The van der Waals surface area contributed by atoms with E-state index in [1.165, 1.54) is 12.1 Å². The molecule has 0 aromatic heterocycles. The third-order valence-corrected chi connectivity index (χ3v) is 5.76. The number of halogens is 1. The fraction of sp³-hybridized carbons (Fsp3) is 0.300. The molecule has 0 aliphatic rings. The van der Waals surface area contributed by atoms with Crippen molar-refractivity contribution in [2.45, 2.75) is 31.7 Å². The van der Waals surface area contributed by atoms with E-state index in [2.05, 4.69) is 10.0 Å². The molecule has 2 rings (SSSR count). The molecule has 1 atom stereocenters. The van der Waals surface area contributed by atoms with Crippen LogP contribution in [0.5, 0.6) is 0 Å². The molecule has 0 saturated heterocycles. The number of esters is 1. The average molecular weight is 439 g/mol. The van der Waals surface area contributed by atoms with Crippen molar-refractivity contribution in [1.29, 1.82) is 0 Å². The highest BCUT2D eigenvalue weighted by Gasteiger charge is 2.30. The minimum absolute atomic E-state index is 0.0365. The maximum atomic E-state index is 12.5. The fourth-order valence-corrected chi connectivity index (χ4v) is 4.05. The summed E-state index contributed by atoms with van der Waals surface area (Å²) in [6, 6.07) is 11.5. The summed E-state index contributed by atoms with van der Waals surface area (Å²) in [6.07, 6.45) is 0. The summed E-state index contributed by atoms with van der Waals surface area (Å²) in [5.41, 5.74) is 1.30. The fourth-order valence-electron chi connectivity index (χ4n) is 2.47. The van der Waals surface area contributed by atoms with Gasteiger partial charge in [-0.2, -0.15) is 4.72 Å². The van der Waals surface area contributed by atoms with Crippen LogP contribution < -0.4 is 10.0 Å². The van der Waals surface area contributed by atoms with Crippen LogP contribution in [0.15, 0.2) is 53.4 Å². The monoisotopic (exact) mass is 438 g/mol. The molecule has 0 fully saturated rings. The van der Waals surface area contributed by atoms with Gasteiger partial charge >= 0.3 is 5.97 Å². The molecule has 2 N–H and O–H groups in total. The molecule has 0 bridgehead atoms. The van der Waals surface area contributed by atoms with Crippen molar-refractivity contribution < 1.29 is 22.7 Å². The number of ether oxygens (including phenoxy) is 1. The Morgan fingerprint density at radius 3 is 2.34 bits per heavy atom. The summed E-state index contributed by atoms with van der Waals surface area (Å²) in [4.78, 5) is 24.5. The number of hydrogen-bond acceptors (Lipinski definition) is 5. The Balaban J connectivity index is 1.99. The number of amides is 1. The zero-order chi connectivity index (χ0) is 21.6. The van der Waals surface area contributed by atoms with Crippen LogP contribution >= 0.6 is 11.6 Å². The number of anilines is 1. The Kier molecular flexibility index (Phi) is 7.78. The predicted molar refractivity (Wildman–Crippen MR) is 111 cm³/mol. The standard InChI is InChI=1S/C20H23ClN2O5S/c1-13(2)19(23-29(26,27)16-7-5-4-6-8-16)20(25)28-12-18(24)22-17-10-9-15(21)11-14(17)3/h4-11,13,19,23H,12H2,1-3H3,(H,22,24)/t19-/m0/s1. The van der Waals surface area contributed by atoms with Gasteiger partial charge in [-0.15, -0.1) is 0 Å². The molecular weight excluding hydrogens is 416 g/mol. The molecule has 7 nitrogen and oxygen atoms in total. The maximum Gasteiger partial charge on any atom is 0.324 e. The van der Waals surface area contributed by atoms with Crippen molar-refractivity contribution in [3.63, 3.8) is 0 Å². The van der Waals surface area contributed by atoms with Gasteiger partial charge in [-0.25, -0.2) is 8.42 Å².